The number of aromatic hydroxyl groups is 2. The van der Waals surface area contributed by atoms with E-state index in [-0.39, 0.29) is 53.8 Å². The van der Waals surface area contributed by atoms with Gasteiger partial charge in [0.25, 0.3) is 0 Å². The van der Waals surface area contributed by atoms with Gasteiger partial charge in [-0.25, -0.2) is 0 Å². The minimum Gasteiger partial charge on any atom is -0.508 e. The van der Waals surface area contributed by atoms with Crippen LogP contribution in [0.4, 0.5) is 0 Å². The molecule has 0 saturated carbocycles. The number of rotatable bonds is 4. The highest BCUT2D eigenvalue weighted by Crippen LogP contribution is 2.42. The fourth-order valence-corrected chi connectivity index (χ4v) is 3.65. The van der Waals surface area contributed by atoms with E-state index < -0.39 is 24.6 Å². The maximum Gasteiger partial charge on any atom is 0.202 e. The van der Waals surface area contributed by atoms with Gasteiger partial charge in [0.15, 0.2) is 5.78 Å². The predicted molar refractivity (Wildman–Crippen MR) is 100 cm³/mol. The molecule has 2 aromatic carbocycles. The molecule has 1 saturated heterocycles. The first-order valence-electron chi connectivity index (χ1n) is 9.39. The molecule has 8 nitrogen and oxygen atoms in total. The number of carbonyl (C=O) groups is 1. The summed E-state index contributed by atoms with van der Waals surface area (Å²) >= 11 is 0. The molecule has 29 heavy (non-hydrogen) atoms. The van der Waals surface area contributed by atoms with Gasteiger partial charge in [0.05, 0.1) is 25.2 Å². The van der Waals surface area contributed by atoms with Crippen molar-refractivity contribution in [2.45, 2.75) is 43.9 Å². The predicted octanol–water partition coefficient (Wildman–Crippen LogP) is 2.04. The minimum atomic E-state index is -0.805. The molecule has 0 bridgehead atoms. The Bertz CT molecular complexity index is 894. The highest BCUT2D eigenvalue weighted by Gasteiger charge is 2.33. The normalized spacial score (nSPS) is 26.5. The number of phenolic OH excluding ortho intramolecular Hbond substituents is 2. The lowest BCUT2D eigenvalue weighted by atomic mass is 9.95. The third kappa shape index (κ3) is 4.14. The molecule has 0 aromatic heterocycles. The number of hydrogen-bond acceptors (Lipinski definition) is 8. The van der Waals surface area contributed by atoms with Gasteiger partial charge >= 0.3 is 0 Å². The number of ketones is 1. The van der Waals surface area contributed by atoms with Crippen molar-refractivity contribution < 1.29 is 39.4 Å². The van der Waals surface area contributed by atoms with Gasteiger partial charge in [-0.2, -0.15) is 0 Å². The molecule has 4 N–H and O–H groups in total. The first-order chi connectivity index (χ1) is 13.9. The van der Waals surface area contributed by atoms with Gasteiger partial charge in [-0.1, -0.05) is 12.1 Å². The van der Waals surface area contributed by atoms with Crippen LogP contribution in [0.25, 0.3) is 0 Å². The second-order valence-electron chi connectivity index (χ2n) is 7.25. The van der Waals surface area contributed by atoms with E-state index in [9.17, 15) is 25.2 Å². The third-order valence-corrected chi connectivity index (χ3v) is 5.05. The lowest BCUT2D eigenvalue weighted by Gasteiger charge is -2.32. The largest absolute Gasteiger partial charge is 0.508 e. The van der Waals surface area contributed by atoms with Crippen LogP contribution in [0.15, 0.2) is 36.4 Å². The van der Waals surface area contributed by atoms with Crippen molar-refractivity contribution >= 4 is 5.78 Å². The average Bonchev–Trinajstić information content (AvgIpc) is 2.67. The highest BCUT2D eigenvalue weighted by atomic mass is 16.7. The topological polar surface area (TPSA) is 126 Å². The number of carbonyl (C=O) groups excluding carboxylic acids is 1. The van der Waals surface area contributed by atoms with Crippen LogP contribution in [0.5, 0.6) is 23.0 Å². The number of benzene rings is 2. The Morgan fingerprint density at radius 1 is 1.10 bits per heavy atom. The zero-order chi connectivity index (χ0) is 20.5. The molecule has 0 aliphatic carbocycles. The van der Waals surface area contributed by atoms with Crippen molar-refractivity contribution in [2.75, 3.05) is 6.61 Å². The van der Waals surface area contributed by atoms with Crippen LogP contribution in [-0.2, 0) is 4.74 Å². The molecule has 0 spiro atoms. The number of ether oxygens (including phenoxy) is 3. The van der Waals surface area contributed by atoms with Crippen LogP contribution in [0.1, 0.15) is 41.3 Å². The van der Waals surface area contributed by atoms with Crippen LogP contribution in [-0.4, -0.2) is 51.3 Å². The average molecular weight is 402 g/mol. The molecule has 8 heteroatoms. The number of aliphatic hydroxyl groups is 2. The van der Waals surface area contributed by atoms with E-state index in [1.165, 1.54) is 24.3 Å². The molecule has 2 aliphatic heterocycles. The van der Waals surface area contributed by atoms with Gasteiger partial charge in [0.2, 0.25) is 6.29 Å². The van der Waals surface area contributed by atoms with Crippen molar-refractivity contribution in [3.63, 3.8) is 0 Å². The summed E-state index contributed by atoms with van der Waals surface area (Å²) in [6, 6.07) is 9.17. The van der Waals surface area contributed by atoms with Gasteiger partial charge in [-0.3, -0.25) is 4.79 Å². The summed E-state index contributed by atoms with van der Waals surface area (Å²) < 4.78 is 17.2. The molecule has 154 valence electrons. The lowest BCUT2D eigenvalue weighted by molar-refractivity contribution is -0.184. The van der Waals surface area contributed by atoms with Crippen molar-refractivity contribution in [2.24, 2.45) is 0 Å². The Balaban J connectivity index is 1.57. The van der Waals surface area contributed by atoms with Crippen molar-refractivity contribution in [1.82, 2.24) is 0 Å². The Morgan fingerprint density at radius 2 is 1.86 bits per heavy atom. The first-order valence-corrected chi connectivity index (χ1v) is 9.39. The van der Waals surface area contributed by atoms with Crippen molar-refractivity contribution in [1.29, 1.82) is 0 Å². The van der Waals surface area contributed by atoms with Crippen LogP contribution in [0, 0.1) is 0 Å². The SMILES string of the molecule is O=C1CC(c2ccc(O)cc2)Oc2cc(OC3CC(O)C[C@@H](CO)O3)cc(O)c21. The van der Waals surface area contributed by atoms with E-state index in [1.807, 2.05) is 0 Å². The molecular weight excluding hydrogens is 380 g/mol. The number of Topliss-reactive ketones (excluding diaryl/α,β-unsaturated/α-hetero) is 1. The van der Waals surface area contributed by atoms with E-state index in [2.05, 4.69) is 0 Å². The Hall–Kier alpha value is -2.81. The second kappa shape index (κ2) is 7.90. The van der Waals surface area contributed by atoms with Gasteiger partial charge in [-0.15, -0.1) is 0 Å². The summed E-state index contributed by atoms with van der Waals surface area (Å²) in [5, 5.41) is 39.0. The van der Waals surface area contributed by atoms with E-state index in [1.54, 1.807) is 12.1 Å². The standard InChI is InChI=1S/C21H22O8/c22-10-15-5-13(24)6-20(28-15)27-14-7-16(25)21-17(26)9-18(29-19(21)8-14)11-1-3-12(23)4-2-11/h1-4,7-8,13,15,18,20,22-25H,5-6,9-10H2/t13?,15-,18?,20?/m0/s1. The monoisotopic (exact) mass is 402 g/mol. The Kier molecular flexibility index (Phi) is 5.31. The van der Waals surface area contributed by atoms with E-state index in [0.29, 0.717) is 6.42 Å². The molecule has 4 atom stereocenters. The molecular formula is C21H22O8. The van der Waals surface area contributed by atoms with Crippen LogP contribution < -0.4 is 9.47 Å². The fraction of sp³-hybridized carbons (Fsp3) is 0.381. The minimum absolute atomic E-state index is 0.0572. The van der Waals surface area contributed by atoms with Crippen LogP contribution >= 0.6 is 0 Å². The smallest absolute Gasteiger partial charge is 0.202 e. The molecule has 4 rings (SSSR count). The summed E-state index contributed by atoms with van der Waals surface area (Å²) in [5.74, 6) is -0.0131. The van der Waals surface area contributed by atoms with Gasteiger partial charge < -0.3 is 34.6 Å². The summed E-state index contributed by atoms with van der Waals surface area (Å²) in [5.41, 5.74) is 0.808. The van der Waals surface area contributed by atoms with Crippen LogP contribution in [0.3, 0.4) is 0 Å². The maximum absolute atomic E-state index is 12.6. The molecule has 2 heterocycles. The quantitative estimate of drug-likeness (QED) is 0.612. The maximum atomic E-state index is 12.6. The highest BCUT2D eigenvalue weighted by molar-refractivity contribution is 6.02. The summed E-state index contributed by atoms with van der Waals surface area (Å²) in [7, 11) is 0. The zero-order valence-corrected chi connectivity index (χ0v) is 15.5. The summed E-state index contributed by atoms with van der Waals surface area (Å²) in [6.07, 6.45) is -1.98. The summed E-state index contributed by atoms with van der Waals surface area (Å²) in [4.78, 5) is 12.6. The van der Waals surface area contributed by atoms with Gasteiger partial charge in [-0.05, 0) is 17.7 Å². The van der Waals surface area contributed by atoms with Crippen LogP contribution in [0.2, 0.25) is 0 Å². The summed E-state index contributed by atoms with van der Waals surface area (Å²) in [6.45, 7) is -0.238. The fourth-order valence-electron chi connectivity index (χ4n) is 3.65. The third-order valence-electron chi connectivity index (χ3n) is 5.05. The van der Waals surface area contributed by atoms with Crippen molar-refractivity contribution in [3.05, 3.63) is 47.5 Å². The molecule has 2 aliphatic rings. The molecule has 0 amide bonds. The number of phenols is 2. The lowest BCUT2D eigenvalue weighted by Crippen LogP contribution is -2.40. The van der Waals surface area contributed by atoms with Gasteiger partial charge in [0, 0.05) is 25.0 Å². The number of aliphatic hydroxyl groups excluding tert-OH is 2. The second-order valence-corrected chi connectivity index (χ2v) is 7.25. The van der Waals surface area contributed by atoms with E-state index in [4.69, 9.17) is 14.2 Å². The zero-order valence-electron chi connectivity index (χ0n) is 15.5. The Labute approximate surface area is 166 Å². The Morgan fingerprint density at radius 3 is 2.59 bits per heavy atom. The molecule has 1 fully saturated rings. The molecule has 3 unspecified atom stereocenters. The van der Waals surface area contributed by atoms with E-state index >= 15 is 0 Å². The number of hydrogen-bond donors (Lipinski definition) is 4. The first kappa shape index (κ1) is 19.5. The molecule has 2 aromatic rings. The van der Waals surface area contributed by atoms with E-state index in [0.717, 1.165) is 5.56 Å². The van der Waals surface area contributed by atoms with Gasteiger partial charge in [0.1, 0.15) is 34.7 Å². The molecule has 0 radical (unpaired) electrons. The number of fused-ring (bicyclic) bond motifs is 1. The van der Waals surface area contributed by atoms with Crippen molar-refractivity contribution in [3.8, 4) is 23.0 Å².